The van der Waals surface area contributed by atoms with Gasteiger partial charge < -0.3 is 0 Å². The summed E-state index contributed by atoms with van der Waals surface area (Å²) in [4.78, 5) is 11.1. The van der Waals surface area contributed by atoms with Gasteiger partial charge in [-0.1, -0.05) is 64.7 Å². The highest BCUT2D eigenvalue weighted by atomic mass is 16.5. The molecule has 0 aliphatic rings. The molecule has 1 N–H and O–H groups in total. The van der Waals surface area contributed by atoms with Crippen molar-refractivity contribution in [2.24, 2.45) is 0 Å². The van der Waals surface area contributed by atoms with Crippen molar-refractivity contribution in [3.63, 3.8) is 0 Å². The molecule has 17 heavy (non-hydrogen) atoms. The largest absolute Gasteiger partial charge is 0.286 e. The minimum Gasteiger partial charge on any atom is -0.286 e. The van der Waals surface area contributed by atoms with Crippen LogP contribution >= 0.6 is 0 Å². The molecule has 0 saturated heterocycles. The second kappa shape index (κ2) is 11.9. The van der Waals surface area contributed by atoms with Crippen LogP contribution in [0.5, 0.6) is 0 Å². The van der Waals surface area contributed by atoms with E-state index >= 15 is 0 Å². The van der Waals surface area contributed by atoms with Crippen LogP contribution in [-0.2, 0) is 4.79 Å². The van der Waals surface area contributed by atoms with Crippen molar-refractivity contribution in [2.45, 2.75) is 77.6 Å². The monoisotopic (exact) mass is 243 g/mol. The lowest BCUT2D eigenvalue weighted by Crippen LogP contribution is -2.21. The van der Waals surface area contributed by atoms with Gasteiger partial charge in [-0.05, 0) is 6.42 Å². The Bertz CT molecular complexity index is 181. The van der Waals surface area contributed by atoms with Crippen LogP contribution < -0.4 is 0 Å². The molecule has 0 atom stereocenters. The Hall–Kier alpha value is -0.570. The first-order chi connectivity index (χ1) is 8.18. The molecule has 0 aromatic rings. The first-order valence-electron chi connectivity index (χ1n) is 7.14. The SMILES string of the molecule is CCCCCCCCCCCCC(=O)N(C)O. The molecule has 0 saturated carbocycles. The molecule has 0 fully saturated rings. The molecule has 0 spiro atoms. The predicted molar refractivity (Wildman–Crippen MR) is 71.0 cm³/mol. The van der Waals surface area contributed by atoms with E-state index < -0.39 is 0 Å². The van der Waals surface area contributed by atoms with Crippen molar-refractivity contribution in [3.05, 3.63) is 0 Å². The van der Waals surface area contributed by atoms with E-state index in [1.807, 2.05) is 0 Å². The molecular formula is C14H29NO2. The number of hydroxylamine groups is 2. The van der Waals surface area contributed by atoms with E-state index in [2.05, 4.69) is 6.92 Å². The third-order valence-electron chi connectivity index (χ3n) is 3.11. The second-order valence-corrected chi connectivity index (χ2v) is 4.85. The van der Waals surface area contributed by atoms with Crippen molar-refractivity contribution in [1.82, 2.24) is 5.06 Å². The maximum atomic E-state index is 11.1. The average Bonchev–Trinajstić information content (AvgIpc) is 2.31. The Morgan fingerprint density at radius 2 is 1.29 bits per heavy atom. The van der Waals surface area contributed by atoms with Crippen LogP contribution in [0.2, 0.25) is 0 Å². The van der Waals surface area contributed by atoms with E-state index in [0.717, 1.165) is 12.8 Å². The summed E-state index contributed by atoms with van der Waals surface area (Å²) >= 11 is 0. The number of hydrogen-bond acceptors (Lipinski definition) is 2. The normalized spacial score (nSPS) is 10.5. The Morgan fingerprint density at radius 3 is 1.71 bits per heavy atom. The standard InChI is InChI=1S/C14H29NO2/c1-3-4-5-6-7-8-9-10-11-12-13-14(16)15(2)17/h17H,3-13H2,1-2H3. The zero-order valence-electron chi connectivity index (χ0n) is 11.6. The third kappa shape index (κ3) is 11.7. The van der Waals surface area contributed by atoms with Crippen LogP contribution in [0.25, 0.3) is 0 Å². The van der Waals surface area contributed by atoms with Gasteiger partial charge in [0.25, 0.3) is 0 Å². The molecule has 0 unspecified atom stereocenters. The maximum absolute atomic E-state index is 11.1. The van der Waals surface area contributed by atoms with E-state index in [9.17, 15) is 4.79 Å². The molecule has 0 heterocycles. The summed E-state index contributed by atoms with van der Waals surface area (Å²) in [5, 5.41) is 9.54. The van der Waals surface area contributed by atoms with Gasteiger partial charge in [0.15, 0.2) is 0 Å². The van der Waals surface area contributed by atoms with Gasteiger partial charge in [0.05, 0.1) is 0 Å². The minimum absolute atomic E-state index is 0.176. The summed E-state index contributed by atoms with van der Waals surface area (Å²) in [6, 6.07) is 0. The lowest BCUT2D eigenvalue weighted by atomic mass is 10.1. The van der Waals surface area contributed by atoms with Crippen LogP contribution in [-0.4, -0.2) is 23.2 Å². The van der Waals surface area contributed by atoms with Crippen LogP contribution in [0.4, 0.5) is 0 Å². The second-order valence-electron chi connectivity index (χ2n) is 4.85. The summed E-state index contributed by atoms with van der Waals surface area (Å²) in [6.45, 7) is 2.24. The Balaban J connectivity index is 3.06. The molecule has 102 valence electrons. The Kier molecular flexibility index (Phi) is 11.5. The van der Waals surface area contributed by atoms with Gasteiger partial charge in [-0.15, -0.1) is 0 Å². The molecule has 0 aliphatic carbocycles. The lowest BCUT2D eigenvalue weighted by Gasteiger charge is -2.07. The number of nitrogens with zero attached hydrogens (tertiary/aromatic N) is 1. The van der Waals surface area contributed by atoms with E-state index in [1.165, 1.54) is 58.4 Å². The van der Waals surface area contributed by atoms with Crippen molar-refractivity contribution in [2.75, 3.05) is 7.05 Å². The van der Waals surface area contributed by atoms with Crippen molar-refractivity contribution >= 4 is 5.91 Å². The summed E-state index contributed by atoms with van der Waals surface area (Å²) in [5.41, 5.74) is 0. The van der Waals surface area contributed by atoms with E-state index in [1.54, 1.807) is 0 Å². The van der Waals surface area contributed by atoms with Crippen LogP contribution in [0.15, 0.2) is 0 Å². The molecule has 0 rings (SSSR count). The van der Waals surface area contributed by atoms with Gasteiger partial charge in [-0.25, -0.2) is 5.06 Å². The van der Waals surface area contributed by atoms with Gasteiger partial charge in [0.2, 0.25) is 5.91 Å². The summed E-state index contributed by atoms with van der Waals surface area (Å²) < 4.78 is 0. The van der Waals surface area contributed by atoms with E-state index in [4.69, 9.17) is 5.21 Å². The summed E-state index contributed by atoms with van der Waals surface area (Å²) in [6.07, 6.45) is 13.1. The molecular weight excluding hydrogens is 214 g/mol. The summed E-state index contributed by atoms with van der Waals surface area (Å²) in [5.74, 6) is -0.176. The molecule has 0 aliphatic heterocycles. The Labute approximate surface area is 106 Å². The number of carbonyl (C=O) groups is 1. The van der Waals surface area contributed by atoms with E-state index in [-0.39, 0.29) is 5.91 Å². The molecule has 3 nitrogen and oxygen atoms in total. The quantitative estimate of drug-likeness (QED) is 0.336. The highest BCUT2D eigenvalue weighted by molar-refractivity contribution is 5.74. The molecule has 0 bridgehead atoms. The highest BCUT2D eigenvalue weighted by Crippen LogP contribution is 2.11. The van der Waals surface area contributed by atoms with Crippen LogP contribution in [0.1, 0.15) is 77.6 Å². The molecule has 0 aromatic carbocycles. The first kappa shape index (κ1) is 16.4. The number of rotatable bonds is 11. The molecule has 3 heteroatoms. The van der Waals surface area contributed by atoms with E-state index in [0.29, 0.717) is 11.5 Å². The fourth-order valence-corrected chi connectivity index (χ4v) is 1.93. The molecule has 0 aromatic heterocycles. The first-order valence-corrected chi connectivity index (χ1v) is 7.14. The molecule has 1 amide bonds. The number of hydrogen-bond donors (Lipinski definition) is 1. The topological polar surface area (TPSA) is 40.5 Å². The average molecular weight is 243 g/mol. The van der Waals surface area contributed by atoms with Gasteiger partial charge in [0, 0.05) is 13.5 Å². The number of amides is 1. The van der Waals surface area contributed by atoms with Crippen LogP contribution in [0, 0.1) is 0 Å². The van der Waals surface area contributed by atoms with Crippen molar-refractivity contribution < 1.29 is 10.0 Å². The van der Waals surface area contributed by atoms with Gasteiger partial charge in [-0.2, -0.15) is 0 Å². The summed E-state index contributed by atoms with van der Waals surface area (Å²) in [7, 11) is 1.39. The van der Waals surface area contributed by atoms with Crippen molar-refractivity contribution in [3.8, 4) is 0 Å². The Morgan fingerprint density at radius 1 is 0.882 bits per heavy atom. The fourth-order valence-electron chi connectivity index (χ4n) is 1.93. The van der Waals surface area contributed by atoms with Crippen LogP contribution in [0.3, 0.4) is 0 Å². The smallest absolute Gasteiger partial charge is 0.245 e. The van der Waals surface area contributed by atoms with Crippen molar-refractivity contribution in [1.29, 1.82) is 0 Å². The third-order valence-corrected chi connectivity index (χ3v) is 3.11. The van der Waals surface area contributed by atoms with Gasteiger partial charge in [-0.3, -0.25) is 10.0 Å². The maximum Gasteiger partial charge on any atom is 0.245 e. The van der Waals surface area contributed by atoms with Gasteiger partial charge in [0.1, 0.15) is 0 Å². The zero-order valence-corrected chi connectivity index (χ0v) is 11.6. The van der Waals surface area contributed by atoms with Gasteiger partial charge >= 0.3 is 0 Å². The minimum atomic E-state index is -0.176. The number of carbonyl (C=O) groups excluding carboxylic acids is 1. The zero-order chi connectivity index (χ0) is 12.9. The predicted octanol–water partition coefficient (Wildman–Crippen LogP) is 4.15. The lowest BCUT2D eigenvalue weighted by molar-refractivity contribution is -0.159. The fraction of sp³-hybridized carbons (Fsp3) is 0.929. The number of unbranched alkanes of at least 4 members (excludes halogenated alkanes) is 9. The highest BCUT2D eigenvalue weighted by Gasteiger charge is 2.03. The molecule has 0 radical (unpaired) electrons.